The Morgan fingerprint density at radius 3 is 2.83 bits per heavy atom. The minimum Gasteiger partial charge on any atom is -0.508 e. The Hall–Kier alpha value is -2.12. The van der Waals surface area contributed by atoms with E-state index in [4.69, 9.17) is 4.74 Å². The minimum atomic E-state index is -1.51. The fraction of sp³-hybridized carbons (Fsp3) is 0.0625. The van der Waals surface area contributed by atoms with Crippen LogP contribution in [0.2, 0.25) is 0 Å². The Bertz CT molecular complexity index is 902. The van der Waals surface area contributed by atoms with E-state index < -0.39 is 11.0 Å². The summed E-state index contributed by atoms with van der Waals surface area (Å²) in [5.74, 6) is 0.691. The van der Waals surface area contributed by atoms with Crippen molar-refractivity contribution >= 4 is 43.5 Å². The summed E-state index contributed by atoms with van der Waals surface area (Å²) in [6, 6.07) is 12.0. The van der Waals surface area contributed by atoms with Gasteiger partial charge in [-0.15, -0.1) is 0 Å². The molecular formula is C16H13BrN2O3S. The van der Waals surface area contributed by atoms with Crippen LogP contribution in [0.4, 0.5) is 5.69 Å². The fourth-order valence-corrected chi connectivity index (χ4v) is 3.65. The number of hydrogen-bond acceptors (Lipinski definition) is 4. The quantitative estimate of drug-likeness (QED) is 0.707. The van der Waals surface area contributed by atoms with Crippen molar-refractivity contribution in [3.63, 3.8) is 0 Å². The number of fused-ring (bicyclic) bond motifs is 1. The molecule has 3 aromatic rings. The molecule has 1 aromatic heterocycles. The lowest BCUT2D eigenvalue weighted by molar-refractivity contribution is 0.404. The van der Waals surface area contributed by atoms with Crippen LogP contribution in [0, 0.1) is 0 Å². The standard InChI is InChI=1S/C16H13BrN2O3S/c1-22-15-5-2-11(17)8-16(15)23(21)19-12-6-10-7-13(20)3-4-14(10)18-9-12/h2-9,19-20H,1H3. The maximum Gasteiger partial charge on any atom is 0.154 e. The van der Waals surface area contributed by atoms with Crippen molar-refractivity contribution in [2.75, 3.05) is 11.8 Å². The summed E-state index contributed by atoms with van der Waals surface area (Å²) in [5.41, 5.74) is 1.34. The predicted molar refractivity (Wildman–Crippen MR) is 94.1 cm³/mol. The fourth-order valence-electron chi connectivity index (χ4n) is 2.13. The lowest BCUT2D eigenvalue weighted by Gasteiger charge is -2.11. The average Bonchev–Trinajstić information content (AvgIpc) is 2.54. The zero-order valence-corrected chi connectivity index (χ0v) is 14.5. The van der Waals surface area contributed by atoms with E-state index in [2.05, 4.69) is 25.6 Å². The Labute approximate surface area is 144 Å². The lowest BCUT2D eigenvalue weighted by Crippen LogP contribution is -2.06. The molecule has 0 aliphatic heterocycles. The van der Waals surface area contributed by atoms with Gasteiger partial charge in [-0.3, -0.25) is 9.71 Å². The van der Waals surface area contributed by atoms with Gasteiger partial charge in [-0.2, -0.15) is 0 Å². The predicted octanol–water partition coefficient (Wildman–Crippen LogP) is 3.85. The van der Waals surface area contributed by atoms with Gasteiger partial charge in [-0.05, 0) is 42.5 Å². The summed E-state index contributed by atoms with van der Waals surface area (Å²) in [6.07, 6.45) is 1.60. The number of ether oxygens (including phenoxy) is 1. The number of nitrogens with zero attached hydrogens (tertiary/aromatic N) is 1. The number of aromatic nitrogens is 1. The summed E-state index contributed by atoms with van der Waals surface area (Å²) >= 11 is 3.36. The summed E-state index contributed by atoms with van der Waals surface area (Å²) in [5, 5.41) is 10.3. The third-order valence-corrected chi connectivity index (χ3v) is 4.83. The smallest absolute Gasteiger partial charge is 0.154 e. The molecule has 3 rings (SSSR count). The minimum absolute atomic E-state index is 0.159. The van der Waals surface area contributed by atoms with E-state index in [0.29, 0.717) is 16.3 Å². The number of benzene rings is 2. The molecule has 0 fully saturated rings. The SMILES string of the molecule is COc1ccc(Br)cc1S(=O)Nc1cnc2ccc(O)cc2c1. The van der Waals surface area contributed by atoms with E-state index in [1.54, 1.807) is 42.6 Å². The van der Waals surface area contributed by atoms with Gasteiger partial charge < -0.3 is 9.84 Å². The zero-order chi connectivity index (χ0) is 16.4. The maximum absolute atomic E-state index is 12.6. The number of nitrogens with one attached hydrogen (secondary N) is 1. The highest BCUT2D eigenvalue weighted by molar-refractivity contribution is 9.10. The van der Waals surface area contributed by atoms with Crippen LogP contribution in [0.1, 0.15) is 0 Å². The van der Waals surface area contributed by atoms with Gasteiger partial charge >= 0.3 is 0 Å². The van der Waals surface area contributed by atoms with Crippen molar-refractivity contribution < 1.29 is 14.1 Å². The first kappa shape index (κ1) is 15.8. The molecule has 23 heavy (non-hydrogen) atoms. The first-order valence-corrected chi connectivity index (χ1v) is 8.62. The molecule has 0 saturated heterocycles. The van der Waals surface area contributed by atoms with E-state index in [9.17, 15) is 9.32 Å². The monoisotopic (exact) mass is 392 g/mol. The van der Waals surface area contributed by atoms with Gasteiger partial charge in [-0.1, -0.05) is 15.9 Å². The number of phenols is 1. The van der Waals surface area contributed by atoms with E-state index in [0.717, 1.165) is 15.4 Å². The largest absolute Gasteiger partial charge is 0.508 e. The number of hydrogen-bond donors (Lipinski definition) is 2. The summed E-state index contributed by atoms with van der Waals surface area (Å²) in [4.78, 5) is 4.81. The molecule has 1 unspecified atom stereocenters. The number of phenolic OH excluding ortho intramolecular Hbond substituents is 1. The molecule has 1 atom stereocenters. The second-order valence-corrected chi connectivity index (χ2v) is 6.86. The van der Waals surface area contributed by atoms with Crippen molar-refractivity contribution in [1.82, 2.24) is 4.98 Å². The van der Waals surface area contributed by atoms with Gasteiger partial charge in [-0.25, -0.2) is 4.21 Å². The van der Waals surface area contributed by atoms with Crippen LogP contribution in [0.5, 0.6) is 11.5 Å². The van der Waals surface area contributed by atoms with E-state index >= 15 is 0 Å². The highest BCUT2D eigenvalue weighted by atomic mass is 79.9. The molecule has 2 N–H and O–H groups in total. The number of aromatic hydroxyl groups is 1. The summed E-state index contributed by atoms with van der Waals surface area (Å²) in [6.45, 7) is 0. The molecule has 0 aliphatic carbocycles. The van der Waals surface area contributed by atoms with Gasteiger partial charge in [0.25, 0.3) is 0 Å². The van der Waals surface area contributed by atoms with Crippen LogP contribution in [0.3, 0.4) is 0 Å². The molecule has 1 heterocycles. The summed E-state index contributed by atoms with van der Waals surface area (Å²) in [7, 11) is 0.0202. The third-order valence-electron chi connectivity index (χ3n) is 3.20. The second kappa shape index (κ2) is 6.55. The Kier molecular flexibility index (Phi) is 4.49. The molecule has 0 aliphatic rings. The molecule has 0 saturated carbocycles. The first-order chi connectivity index (χ1) is 11.1. The van der Waals surface area contributed by atoms with Crippen LogP contribution >= 0.6 is 15.9 Å². The van der Waals surface area contributed by atoms with Crippen LogP contribution in [0.15, 0.2) is 58.0 Å². The van der Waals surface area contributed by atoms with Crippen molar-refractivity contribution in [3.05, 3.63) is 53.1 Å². The van der Waals surface area contributed by atoms with Gasteiger partial charge in [0.05, 0.1) is 24.5 Å². The van der Waals surface area contributed by atoms with E-state index in [1.165, 1.54) is 7.11 Å². The molecule has 0 radical (unpaired) electrons. The normalized spacial score (nSPS) is 12.1. The van der Waals surface area contributed by atoms with Crippen molar-refractivity contribution in [3.8, 4) is 11.5 Å². The topological polar surface area (TPSA) is 71.5 Å². The molecule has 7 heteroatoms. The van der Waals surface area contributed by atoms with Crippen LogP contribution in [-0.2, 0) is 11.0 Å². The van der Waals surface area contributed by atoms with Crippen molar-refractivity contribution in [1.29, 1.82) is 0 Å². The van der Waals surface area contributed by atoms with Crippen LogP contribution in [-0.4, -0.2) is 21.4 Å². The molecule has 0 amide bonds. The van der Waals surface area contributed by atoms with Gasteiger partial charge in [0.15, 0.2) is 11.0 Å². The highest BCUT2D eigenvalue weighted by Gasteiger charge is 2.12. The highest BCUT2D eigenvalue weighted by Crippen LogP contribution is 2.27. The number of pyridine rings is 1. The summed E-state index contributed by atoms with van der Waals surface area (Å²) < 4.78 is 21.5. The molecule has 0 bridgehead atoms. The number of rotatable bonds is 4. The Balaban J connectivity index is 1.92. The Morgan fingerprint density at radius 1 is 1.22 bits per heavy atom. The number of anilines is 1. The van der Waals surface area contributed by atoms with Gasteiger partial charge in [0.2, 0.25) is 0 Å². The Morgan fingerprint density at radius 2 is 2.04 bits per heavy atom. The average molecular weight is 393 g/mol. The second-order valence-electron chi connectivity index (χ2n) is 4.77. The van der Waals surface area contributed by atoms with Crippen molar-refractivity contribution in [2.45, 2.75) is 4.90 Å². The van der Waals surface area contributed by atoms with Crippen LogP contribution < -0.4 is 9.46 Å². The number of methoxy groups -OCH3 is 1. The van der Waals surface area contributed by atoms with Crippen LogP contribution in [0.25, 0.3) is 10.9 Å². The van der Waals surface area contributed by atoms with Crippen molar-refractivity contribution in [2.24, 2.45) is 0 Å². The first-order valence-electron chi connectivity index (χ1n) is 6.67. The third kappa shape index (κ3) is 3.46. The zero-order valence-electron chi connectivity index (χ0n) is 12.1. The maximum atomic E-state index is 12.6. The van der Waals surface area contributed by atoms with Gasteiger partial charge in [0, 0.05) is 9.86 Å². The number of halogens is 1. The molecule has 5 nitrogen and oxygen atoms in total. The van der Waals surface area contributed by atoms with E-state index in [1.807, 2.05) is 6.07 Å². The molecule has 2 aromatic carbocycles. The molecule has 0 spiro atoms. The molecule has 118 valence electrons. The van der Waals surface area contributed by atoms with E-state index in [-0.39, 0.29) is 5.75 Å². The van der Waals surface area contributed by atoms with Gasteiger partial charge in [0.1, 0.15) is 16.4 Å². The molecular weight excluding hydrogens is 380 g/mol. The lowest BCUT2D eigenvalue weighted by atomic mass is 10.2.